The SMILES string of the molecule is Cc1cc2nc3c(=O)[nH]c(=O)nc-3n(CCN3CCCC[C@@H]3C(=O)O)c2cc1C. The minimum absolute atomic E-state index is 0.105. The predicted molar refractivity (Wildman–Crippen MR) is 107 cm³/mol. The molecule has 152 valence electrons. The lowest BCUT2D eigenvalue weighted by Crippen LogP contribution is -2.46. The third-order valence-electron chi connectivity index (χ3n) is 5.73. The van der Waals surface area contributed by atoms with E-state index in [2.05, 4.69) is 15.0 Å². The minimum atomic E-state index is -0.818. The van der Waals surface area contributed by atoms with E-state index in [1.807, 2.05) is 35.4 Å². The summed E-state index contributed by atoms with van der Waals surface area (Å²) in [5, 5.41) is 9.53. The Hall–Kier alpha value is -3.07. The van der Waals surface area contributed by atoms with Gasteiger partial charge in [-0.15, -0.1) is 0 Å². The van der Waals surface area contributed by atoms with E-state index in [4.69, 9.17) is 0 Å². The molecule has 0 saturated carbocycles. The van der Waals surface area contributed by atoms with Crippen molar-refractivity contribution in [2.45, 2.75) is 45.7 Å². The Bertz CT molecular complexity index is 1180. The zero-order chi connectivity index (χ0) is 20.7. The van der Waals surface area contributed by atoms with E-state index in [9.17, 15) is 19.5 Å². The van der Waals surface area contributed by atoms with Crippen LogP contribution in [-0.2, 0) is 11.3 Å². The van der Waals surface area contributed by atoms with Gasteiger partial charge in [-0.3, -0.25) is 19.5 Å². The zero-order valence-corrected chi connectivity index (χ0v) is 16.4. The van der Waals surface area contributed by atoms with Crippen molar-refractivity contribution in [1.82, 2.24) is 24.4 Å². The number of piperidine rings is 1. The van der Waals surface area contributed by atoms with Crippen LogP contribution in [0.3, 0.4) is 0 Å². The van der Waals surface area contributed by atoms with E-state index < -0.39 is 23.3 Å². The van der Waals surface area contributed by atoms with Crippen molar-refractivity contribution >= 4 is 17.0 Å². The first kappa shape index (κ1) is 19.3. The summed E-state index contributed by atoms with van der Waals surface area (Å²) in [6.45, 7) is 5.54. The maximum Gasteiger partial charge on any atom is 0.349 e. The van der Waals surface area contributed by atoms with Gasteiger partial charge in [-0.05, 0) is 56.5 Å². The summed E-state index contributed by atoms with van der Waals surface area (Å²) < 4.78 is 1.81. The second-order valence-corrected chi connectivity index (χ2v) is 7.62. The largest absolute Gasteiger partial charge is 0.480 e. The monoisotopic (exact) mass is 397 g/mol. The van der Waals surface area contributed by atoms with Crippen LogP contribution >= 0.6 is 0 Å². The number of benzene rings is 1. The number of H-pyrrole nitrogens is 1. The number of rotatable bonds is 4. The Balaban J connectivity index is 1.84. The van der Waals surface area contributed by atoms with Gasteiger partial charge in [0.2, 0.25) is 0 Å². The van der Waals surface area contributed by atoms with E-state index in [0.717, 1.165) is 29.5 Å². The van der Waals surface area contributed by atoms with Crippen LogP contribution in [-0.4, -0.2) is 54.6 Å². The van der Waals surface area contributed by atoms with Crippen molar-refractivity contribution in [1.29, 1.82) is 0 Å². The lowest BCUT2D eigenvalue weighted by Gasteiger charge is -2.33. The molecule has 1 saturated heterocycles. The zero-order valence-electron chi connectivity index (χ0n) is 16.4. The molecule has 9 heteroatoms. The summed E-state index contributed by atoms with van der Waals surface area (Å²) in [6, 6.07) is 3.36. The van der Waals surface area contributed by atoms with Gasteiger partial charge in [0.25, 0.3) is 5.56 Å². The second kappa shape index (κ2) is 7.40. The lowest BCUT2D eigenvalue weighted by atomic mass is 10.0. The quantitative estimate of drug-likeness (QED) is 0.633. The highest BCUT2D eigenvalue weighted by Crippen LogP contribution is 2.24. The summed E-state index contributed by atoms with van der Waals surface area (Å²) in [4.78, 5) is 48.4. The van der Waals surface area contributed by atoms with E-state index in [1.165, 1.54) is 0 Å². The maximum atomic E-state index is 12.3. The van der Waals surface area contributed by atoms with E-state index in [-0.39, 0.29) is 11.5 Å². The Labute approximate surface area is 166 Å². The number of hydrogen-bond acceptors (Lipinski definition) is 6. The molecule has 3 aliphatic rings. The molecule has 0 radical (unpaired) electrons. The van der Waals surface area contributed by atoms with Crippen LogP contribution in [0, 0.1) is 13.8 Å². The molecule has 1 aromatic carbocycles. The van der Waals surface area contributed by atoms with Gasteiger partial charge in [-0.1, -0.05) is 6.42 Å². The fourth-order valence-electron chi connectivity index (χ4n) is 4.04. The lowest BCUT2D eigenvalue weighted by molar-refractivity contribution is -0.144. The summed E-state index contributed by atoms with van der Waals surface area (Å²) in [7, 11) is 0. The van der Waals surface area contributed by atoms with Crippen molar-refractivity contribution in [3.8, 4) is 11.5 Å². The number of nitrogens with zero attached hydrogens (tertiary/aromatic N) is 4. The fraction of sp³-hybridized carbons (Fsp3) is 0.450. The van der Waals surface area contributed by atoms with E-state index in [1.54, 1.807) is 0 Å². The molecule has 0 unspecified atom stereocenters. The number of aryl methyl sites for hydroxylation is 2. The molecule has 0 bridgehead atoms. The van der Waals surface area contributed by atoms with Crippen LogP contribution in [0.1, 0.15) is 30.4 Å². The number of carboxylic acids is 1. The molecule has 9 nitrogen and oxygen atoms in total. The first-order chi connectivity index (χ1) is 13.8. The first-order valence-electron chi connectivity index (χ1n) is 9.74. The number of aromatic nitrogens is 4. The van der Waals surface area contributed by atoms with Crippen LogP contribution in [0.4, 0.5) is 0 Å². The van der Waals surface area contributed by atoms with Gasteiger partial charge in [0.1, 0.15) is 6.04 Å². The molecule has 0 aromatic heterocycles. The van der Waals surface area contributed by atoms with Crippen LogP contribution < -0.4 is 11.2 Å². The average molecular weight is 397 g/mol. The molecule has 0 spiro atoms. The van der Waals surface area contributed by atoms with Crippen LogP contribution in [0.2, 0.25) is 0 Å². The van der Waals surface area contributed by atoms with Crippen molar-refractivity contribution in [2.75, 3.05) is 13.1 Å². The van der Waals surface area contributed by atoms with Gasteiger partial charge in [0.15, 0.2) is 11.5 Å². The summed E-state index contributed by atoms with van der Waals surface area (Å²) in [5.74, 6) is -0.597. The maximum absolute atomic E-state index is 12.3. The van der Waals surface area contributed by atoms with Gasteiger partial charge in [-0.25, -0.2) is 9.78 Å². The molecule has 3 aliphatic heterocycles. The molecule has 1 atom stereocenters. The highest BCUT2D eigenvalue weighted by Gasteiger charge is 2.28. The number of nitrogens with one attached hydrogen (secondary N) is 1. The molecular weight excluding hydrogens is 374 g/mol. The van der Waals surface area contributed by atoms with E-state index >= 15 is 0 Å². The van der Waals surface area contributed by atoms with Gasteiger partial charge < -0.3 is 9.67 Å². The molecule has 1 aromatic rings. The molecule has 0 amide bonds. The Morgan fingerprint density at radius 1 is 1.17 bits per heavy atom. The van der Waals surface area contributed by atoms with Crippen LogP contribution in [0.25, 0.3) is 22.6 Å². The number of carbonyl (C=O) groups is 1. The smallest absolute Gasteiger partial charge is 0.349 e. The molecular formula is C20H23N5O4. The summed E-state index contributed by atoms with van der Waals surface area (Å²) in [5.41, 5.74) is 2.32. The Morgan fingerprint density at radius 2 is 1.93 bits per heavy atom. The van der Waals surface area contributed by atoms with Crippen molar-refractivity contribution < 1.29 is 9.90 Å². The number of aromatic amines is 1. The summed E-state index contributed by atoms with van der Waals surface area (Å²) >= 11 is 0. The standard InChI is InChI=1S/C20H23N5O4/c1-11-9-13-15(10-12(11)2)25(17-16(21-13)18(26)23-20(29)22-17)8-7-24-6-4-3-5-14(24)19(27)28/h9-10,14H,3-8H2,1-2H3,(H,27,28)(H,23,26,29)/t14-/m1/s1. The predicted octanol–water partition coefficient (Wildman–Crippen LogP) is 1.14. The molecule has 1 fully saturated rings. The van der Waals surface area contributed by atoms with Crippen molar-refractivity contribution in [3.63, 3.8) is 0 Å². The number of carboxylic acid groups (broad SMARTS) is 1. The highest BCUT2D eigenvalue weighted by atomic mass is 16.4. The number of likely N-dealkylation sites (tertiary alicyclic amines) is 1. The average Bonchev–Trinajstić information content (AvgIpc) is 2.67. The number of hydrogen-bond donors (Lipinski definition) is 2. The highest BCUT2D eigenvalue weighted by molar-refractivity contribution is 5.81. The number of fused-ring (bicyclic) bond motifs is 2. The molecule has 4 rings (SSSR count). The molecule has 3 heterocycles. The second-order valence-electron chi connectivity index (χ2n) is 7.62. The Kier molecular flexibility index (Phi) is 4.91. The summed E-state index contributed by atoms with van der Waals surface area (Å²) in [6.07, 6.45) is 2.47. The van der Waals surface area contributed by atoms with E-state index in [0.29, 0.717) is 31.6 Å². The van der Waals surface area contributed by atoms with Crippen LogP contribution in [0.5, 0.6) is 0 Å². The number of aliphatic carboxylic acids is 1. The normalized spacial score (nSPS) is 17.8. The van der Waals surface area contributed by atoms with Gasteiger partial charge >= 0.3 is 11.7 Å². The molecule has 2 N–H and O–H groups in total. The fourth-order valence-corrected chi connectivity index (χ4v) is 4.04. The van der Waals surface area contributed by atoms with Crippen LogP contribution in [0.15, 0.2) is 21.7 Å². The topological polar surface area (TPSA) is 121 Å². The van der Waals surface area contributed by atoms with Gasteiger partial charge in [-0.2, -0.15) is 4.98 Å². The van der Waals surface area contributed by atoms with Crippen molar-refractivity contribution in [3.05, 3.63) is 44.1 Å². The first-order valence-corrected chi connectivity index (χ1v) is 9.74. The van der Waals surface area contributed by atoms with Gasteiger partial charge in [0, 0.05) is 13.1 Å². The molecule has 29 heavy (non-hydrogen) atoms. The molecule has 0 aliphatic carbocycles. The Morgan fingerprint density at radius 3 is 2.69 bits per heavy atom. The van der Waals surface area contributed by atoms with Gasteiger partial charge in [0.05, 0.1) is 11.0 Å². The third kappa shape index (κ3) is 3.53. The third-order valence-corrected chi connectivity index (χ3v) is 5.73. The van der Waals surface area contributed by atoms with Crippen molar-refractivity contribution in [2.24, 2.45) is 0 Å². The minimum Gasteiger partial charge on any atom is -0.480 e.